The summed E-state index contributed by atoms with van der Waals surface area (Å²) in [6.07, 6.45) is 0.735. The number of rotatable bonds is 1. The lowest BCUT2D eigenvalue weighted by molar-refractivity contribution is -0.121. The van der Waals surface area contributed by atoms with Gasteiger partial charge in [-0.1, -0.05) is 0 Å². The molecule has 1 aromatic rings. The SMILES string of the molecule is [NH]c1ccc2c(c1)CC(N1CCSCC1)C(=O)N2. The highest BCUT2D eigenvalue weighted by Crippen LogP contribution is 2.28. The van der Waals surface area contributed by atoms with Crippen LogP contribution in [-0.4, -0.2) is 41.4 Å². The van der Waals surface area contributed by atoms with Gasteiger partial charge in [-0.05, 0) is 30.2 Å². The van der Waals surface area contributed by atoms with Gasteiger partial charge in [0.1, 0.15) is 0 Å². The predicted octanol–water partition coefficient (Wildman–Crippen LogP) is 1.51. The fourth-order valence-corrected chi connectivity index (χ4v) is 3.52. The standard InChI is InChI=1S/C13H16N3OS/c14-10-1-2-11-9(7-10)8-12(13(17)15-11)16-3-5-18-6-4-16/h1-2,7,12,14H,3-6,8H2,(H,15,17). The molecule has 2 aliphatic rings. The molecule has 4 nitrogen and oxygen atoms in total. The molecule has 1 radical (unpaired) electrons. The number of fused-ring (bicyclic) bond motifs is 1. The highest BCUT2D eigenvalue weighted by molar-refractivity contribution is 7.99. The second-order valence-electron chi connectivity index (χ2n) is 4.73. The lowest BCUT2D eigenvalue weighted by atomic mass is 9.97. The molecular formula is C13H16N3OS. The minimum Gasteiger partial charge on any atom is -0.324 e. The summed E-state index contributed by atoms with van der Waals surface area (Å²) in [7, 11) is 0. The van der Waals surface area contributed by atoms with Gasteiger partial charge in [0.05, 0.1) is 11.7 Å². The van der Waals surface area contributed by atoms with Crippen LogP contribution >= 0.6 is 11.8 Å². The fraction of sp³-hybridized carbons (Fsp3) is 0.462. The second kappa shape index (κ2) is 4.82. The number of benzene rings is 1. The van der Waals surface area contributed by atoms with Crippen LogP contribution in [0.4, 0.5) is 11.4 Å². The molecule has 3 rings (SSSR count). The van der Waals surface area contributed by atoms with Crippen molar-refractivity contribution in [2.45, 2.75) is 12.5 Å². The molecule has 1 unspecified atom stereocenters. The predicted molar refractivity (Wildman–Crippen MR) is 74.2 cm³/mol. The van der Waals surface area contributed by atoms with Crippen LogP contribution < -0.4 is 11.1 Å². The van der Waals surface area contributed by atoms with Crippen LogP contribution in [-0.2, 0) is 11.2 Å². The lowest BCUT2D eigenvalue weighted by Gasteiger charge is -2.36. The number of carbonyl (C=O) groups is 1. The lowest BCUT2D eigenvalue weighted by Crippen LogP contribution is -2.50. The van der Waals surface area contributed by atoms with Gasteiger partial charge in [-0.3, -0.25) is 9.69 Å². The van der Waals surface area contributed by atoms with Crippen molar-refractivity contribution >= 4 is 29.0 Å². The highest BCUT2D eigenvalue weighted by Gasteiger charge is 2.31. The molecule has 1 amide bonds. The van der Waals surface area contributed by atoms with Crippen LogP contribution in [0, 0.1) is 0 Å². The Morgan fingerprint density at radius 2 is 2.11 bits per heavy atom. The first-order valence-corrected chi connectivity index (χ1v) is 7.37. The van der Waals surface area contributed by atoms with Gasteiger partial charge in [-0.25, -0.2) is 0 Å². The average Bonchev–Trinajstić information content (AvgIpc) is 2.39. The number of hydrogen-bond donors (Lipinski definition) is 1. The third-order valence-electron chi connectivity index (χ3n) is 3.57. The molecule has 1 aromatic carbocycles. The third-order valence-corrected chi connectivity index (χ3v) is 4.51. The molecule has 0 aromatic heterocycles. The number of carbonyl (C=O) groups excluding carboxylic acids is 1. The molecule has 95 valence electrons. The summed E-state index contributed by atoms with van der Waals surface area (Å²) in [5.41, 5.74) is 10.1. The number of hydrogen-bond acceptors (Lipinski definition) is 3. The maximum atomic E-state index is 12.1. The number of amides is 1. The molecule has 0 aliphatic carbocycles. The Labute approximate surface area is 111 Å². The molecule has 2 N–H and O–H groups in total. The summed E-state index contributed by atoms with van der Waals surface area (Å²) in [4.78, 5) is 14.4. The van der Waals surface area contributed by atoms with Crippen LogP contribution in [0.15, 0.2) is 18.2 Å². The van der Waals surface area contributed by atoms with E-state index in [4.69, 9.17) is 5.73 Å². The second-order valence-corrected chi connectivity index (χ2v) is 5.95. The molecular weight excluding hydrogens is 246 g/mol. The Kier molecular flexibility index (Phi) is 3.18. The summed E-state index contributed by atoms with van der Waals surface area (Å²) < 4.78 is 0. The Balaban J connectivity index is 1.83. The van der Waals surface area contributed by atoms with Crippen LogP contribution in [0.3, 0.4) is 0 Å². The van der Waals surface area contributed by atoms with E-state index in [1.54, 1.807) is 6.07 Å². The number of nitrogens with zero attached hydrogens (tertiary/aromatic N) is 1. The molecule has 5 heteroatoms. The third kappa shape index (κ3) is 2.20. The maximum Gasteiger partial charge on any atom is 0.242 e. The van der Waals surface area contributed by atoms with Crippen LogP contribution in [0.5, 0.6) is 0 Å². The van der Waals surface area contributed by atoms with E-state index < -0.39 is 0 Å². The first-order chi connectivity index (χ1) is 8.74. The zero-order valence-electron chi connectivity index (χ0n) is 10.1. The molecule has 0 bridgehead atoms. The minimum atomic E-state index is -0.0554. The van der Waals surface area contributed by atoms with Crippen molar-refractivity contribution in [1.29, 1.82) is 0 Å². The van der Waals surface area contributed by atoms with E-state index in [1.165, 1.54) is 0 Å². The largest absolute Gasteiger partial charge is 0.324 e. The van der Waals surface area contributed by atoms with Crippen molar-refractivity contribution in [1.82, 2.24) is 10.6 Å². The van der Waals surface area contributed by atoms with Gasteiger partial charge in [-0.2, -0.15) is 11.8 Å². The van der Waals surface area contributed by atoms with Crippen LogP contribution in [0.1, 0.15) is 5.56 Å². The summed E-state index contributed by atoms with van der Waals surface area (Å²) in [5, 5.41) is 2.96. The van der Waals surface area contributed by atoms with Crippen molar-refractivity contribution in [3.63, 3.8) is 0 Å². The molecule has 2 heterocycles. The highest BCUT2D eigenvalue weighted by atomic mass is 32.2. The molecule has 2 aliphatic heterocycles. The number of anilines is 1. The van der Waals surface area contributed by atoms with E-state index in [1.807, 2.05) is 23.9 Å². The smallest absolute Gasteiger partial charge is 0.242 e. The molecule has 1 atom stereocenters. The quantitative estimate of drug-likeness (QED) is 0.834. The zero-order chi connectivity index (χ0) is 12.5. The van der Waals surface area contributed by atoms with E-state index in [2.05, 4.69) is 10.2 Å². The Hall–Kier alpha value is -1.20. The van der Waals surface area contributed by atoms with Gasteiger partial charge in [0, 0.05) is 30.3 Å². The van der Waals surface area contributed by atoms with Crippen molar-refractivity contribution < 1.29 is 4.79 Å². The van der Waals surface area contributed by atoms with Gasteiger partial charge < -0.3 is 11.1 Å². The summed E-state index contributed by atoms with van der Waals surface area (Å²) in [6, 6.07) is 5.36. The van der Waals surface area contributed by atoms with Gasteiger partial charge in [0.25, 0.3) is 0 Å². The van der Waals surface area contributed by atoms with E-state index in [0.717, 1.165) is 42.3 Å². The van der Waals surface area contributed by atoms with Gasteiger partial charge in [0.15, 0.2) is 0 Å². The van der Waals surface area contributed by atoms with Crippen molar-refractivity contribution in [2.24, 2.45) is 0 Å². The van der Waals surface area contributed by atoms with Crippen molar-refractivity contribution in [3.8, 4) is 0 Å². The molecule has 18 heavy (non-hydrogen) atoms. The number of nitrogens with one attached hydrogen (secondary N) is 2. The first kappa shape index (κ1) is 11.9. The maximum absolute atomic E-state index is 12.1. The zero-order valence-corrected chi connectivity index (χ0v) is 10.9. The summed E-state index contributed by atoms with van der Waals surface area (Å²) >= 11 is 1.95. The van der Waals surface area contributed by atoms with E-state index in [9.17, 15) is 4.79 Å². The normalized spacial score (nSPS) is 24.4. The fourth-order valence-electron chi connectivity index (χ4n) is 2.59. The molecule has 0 spiro atoms. The topological polar surface area (TPSA) is 56.1 Å². The molecule has 1 saturated heterocycles. The van der Waals surface area contributed by atoms with E-state index in [-0.39, 0.29) is 11.9 Å². The Morgan fingerprint density at radius 1 is 1.33 bits per heavy atom. The van der Waals surface area contributed by atoms with E-state index >= 15 is 0 Å². The molecule has 0 saturated carbocycles. The summed E-state index contributed by atoms with van der Waals surface area (Å²) in [5.74, 6) is 2.32. The van der Waals surface area contributed by atoms with Gasteiger partial charge in [-0.15, -0.1) is 0 Å². The Bertz CT molecular complexity index is 471. The van der Waals surface area contributed by atoms with Crippen LogP contribution in [0.2, 0.25) is 0 Å². The van der Waals surface area contributed by atoms with Crippen molar-refractivity contribution in [2.75, 3.05) is 29.9 Å². The molecule has 1 fully saturated rings. The van der Waals surface area contributed by atoms with Crippen molar-refractivity contribution in [3.05, 3.63) is 23.8 Å². The summed E-state index contributed by atoms with van der Waals surface area (Å²) in [6.45, 7) is 1.97. The van der Waals surface area contributed by atoms with Gasteiger partial charge in [0.2, 0.25) is 5.91 Å². The first-order valence-electron chi connectivity index (χ1n) is 6.21. The Morgan fingerprint density at radius 3 is 2.89 bits per heavy atom. The monoisotopic (exact) mass is 262 g/mol. The minimum absolute atomic E-state index is 0.0554. The van der Waals surface area contributed by atoms with Gasteiger partial charge >= 0.3 is 0 Å². The number of thioether (sulfide) groups is 1. The van der Waals surface area contributed by atoms with E-state index in [0.29, 0.717) is 5.69 Å². The average molecular weight is 262 g/mol. The van der Waals surface area contributed by atoms with Crippen LogP contribution in [0.25, 0.3) is 0 Å².